The molecule has 16 heavy (non-hydrogen) atoms. The maximum Gasteiger partial charge on any atom is 0.239 e. The Morgan fingerprint density at radius 1 is 1.50 bits per heavy atom. The lowest BCUT2D eigenvalue weighted by molar-refractivity contribution is -0.132. The van der Waals surface area contributed by atoms with Crippen molar-refractivity contribution in [1.82, 2.24) is 0 Å². The van der Waals surface area contributed by atoms with Gasteiger partial charge in [-0.3, -0.25) is 9.59 Å². The van der Waals surface area contributed by atoms with E-state index in [4.69, 9.17) is 5.73 Å². The summed E-state index contributed by atoms with van der Waals surface area (Å²) in [5.41, 5.74) is 8.19. The van der Waals surface area contributed by atoms with Gasteiger partial charge < -0.3 is 10.6 Å². The van der Waals surface area contributed by atoms with Crippen LogP contribution in [0, 0.1) is 12.8 Å². The summed E-state index contributed by atoms with van der Waals surface area (Å²) in [6.07, 6.45) is 0.411. The molecule has 1 aromatic carbocycles. The van der Waals surface area contributed by atoms with Gasteiger partial charge in [-0.25, -0.2) is 0 Å². The topological polar surface area (TPSA) is 63.4 Å². The Morgan fingerprint density at radius 2 is 2.19 bits per heavy atom. The molecule has 0 aromatic heterocycles. The Morgan fingerprint density at radius 3 is 2.81 bits per heavy atom. The smallest absolute Gasteiger partial charge is 0.239 e. The maximum atomic E-state index is 11.9. The van der Waals surface area contributed by atoms with Gasteiger partial charge in [-0.2, -0.15) is 0 Å². The van der Waals surface area contributed by atoms with Crippen LogP contribution in [0.15, 0.2) is 18.2 Å². The highest BCUT2D eigenvalue weighted by Gasteiger charge is 2.34. The van der Waals surface area contributed by atoms with Crippen molar-refractivity contribution in [2.45, 2.75) is 13.3 Å². The molecule has 1 aliphatic heterocycles. The molecule has 1 heterocycles. The number of aryl methyl sites for hydroxylation is 1. The zero-order chi connectivity index (χ0) is 11.9. The van der Waals surface area contributed by atoms with Crippen LogP contribution in [0.5, 0.6) is 0 Å². The highest BCUT2D eigenvalue weighted by Crippen LogP contribution is 2.30. The van der Waals surface area contributed by atoms with Gasteiger partial charge in [0.15, 0.2) is 0 Å². The van der Waals surface area contributed by atoms with Crippen molar-refractivity contribution < 1.29 is 9.59 Å². The summed E-state index contributed by atoms with van der Waals surface area (Å²) in [6.45, 7) is 1.97. The second-order valence-corrected chi connectivity index (χ2v) is 4.19. The molecule has 1 aromatic rings. The van der Waals surface area contributed by atoms with Crippen LogP contribution in [0.1, 0.15) is 11.1 Å². The Kier molecular flexibility index (Phi) is 2.42. The minimum Gasteiger partial charge on any atom is -0.369 e. The number of fused-ring (bicyclic) bond motifs is 1. The Hall–Kier alpha value is -1.84. The largest absolute Gasteiger partial charge is 0.369 e. The van der Waals surface area contributed by atoms with Crippen molar-refractivity contribution in [3.05, 3.63) is 29.3 Å². The summed E-state index contributed by atoms with van der Waals surface area (Å²) in [5.74, 6) is -1.49. The van der Waals surface area contributed by atoms with Gasteiger partial charge in [-0.1, -0.05) is 12.1 Å². The highest BCUT2D eigenvalue weighted by atomic mass is 16.2. The molecule has 2 amide bonds. The van der Waals surface area contributed by atoms with Crippen LogP contribution < -0.4 is 10.6 Å². The summed E-state index contributed by atoms with van der Waals surface area (Å²) in [6, 6.07) is 5.87. The number of nitrogens with zero attached hydrogens (tertiary/aromatic N) is 1. The van der Waals surface area contributed by atoms with E-state index in [1.54, 1.807) is 7.05 Å². The van der Waals surface area contributed by atoms with Crippen molar-refractivity contribution in [2.75, 3.05) is 11.9 Å². The first kappa shape index (κ1) is 10.7. The quantitative estimate of drug-likeness (QED) is 0.702. The minimum absolute atomic E-state index is 0.217. The number of anilines is 1. The summed E-state index contributed by atoms with van der Waals surface area (Å²) in [5, 5.41) is 0. The number of primary amides is 1. The zero-order valence-electron chi connectivity index (χ0n) is 9.36. The number of hydrogen-bond donors (Lipinski definition) is 1. The molecule has 0 saturated carbocycles. The van der Waals surface area contributed by atoms with Crippen LogP contribution in [-0.4, -0.2) is 18.9 Å². The van der Waals surface area contributed by atoms with Gasteiger partial charge >= 0.3 is 0 Å². The number of amides is 2. The standard InChI is InChI=1S/C12H14N2O2/c1-7-3-4-8-6-9(11(13)15)12(16)14(2)10(8)5-7/h3-5,9H,6H2,1-2H3,(H2,13,15). The molecule has 0 bridgehead atoms. The second-order valence-electron chi connectivity index (χ2n) is 4.19. The van der Waals surface area contributed by atoms with Crippen LogP contribution in [-0.2, 0) is 16.0 Å². The summed E-state index contributed by atoms with van der Waals surface area (Å²) >= 11 is 0. The first-order valence-electron chi connectivity index (χ1n) is 5.17. The van der Waals surface area contributed by atoms with E-state index < -0.39 is 11.8 Å². The normalized spacial score (nSPS) is 19.5. The van der Waals surface area contributed by atoms with Crippen LogP contribution in [0.3, 0.4) is 0 Å². The van der Waals surface area contributed by atoms with Gasteiger partial charge in [0, 0.05) is 12.7 Å². The first-order chi connectivity index (χ1) is 7.50. The molecule has 0 radical (unpaired) electrons. The SMILES string of the molecule is Cc1ccc2c(c1)N(C)C(=O)C(C(N)=O)C2. The predicted octanol–water partition coefficient (Wildman–Crippen LogP) is 0.615. The van der Waals surface area contributed by atoms with Crippen molar-refractivity contribution in [2.24, 2.45) is 11.7 Å². The number of benzene rings is 1. The van der Waals surface area contributed by atoms with Gasteiger partial charge in [0.1, 0.15) is 5.92 Å². The second kappa shape index (κ2) is 3.63. The molecule has 4 nitrogen and oxygen atoms in total. The van der Waals surface area contributed by atoms with Gasteiger partial charge in [0.25, 0.3) is 0 Å². The molecule has 1 unspecified atom stereocenters. The molecule has 84 valence electrons. The fourth-order valence-corrected chi connectivity index (χ4v) is 2.04. The molecule has 1 aliphatic rings. The summed E-state index contributed by atoms with van der Waals surface area (Å²) < 4.78 is 0. The monoisotopic (exact) mass is 218 g/mol. The van der Waals surface area contributed by atoms with Gasteiger partial charge in [-0.15, -0.1) is 0 Å². The number of nitrogens with two attached hydrogens (primary N) is 1. The van der Waals surface area contributed by atoms with E-state index in [-0.39, 0.29) is 5.91 Å². The van der Waals surface area contributed by atoms with Crippen molar-refractivity contribution in [1.29, 1.82) is 0 Å². The van der Waals surface area contributed by atoms with Gasteiger partial charge in [0.2, 0.25) is 11.8 Å². The number of carbonyl (C=O) groups is 2. The molecular weight excluding hydrogens is 204 g/mol. The third-order valence-corrected chi connectivity index (χ3v) is 3.00. The molecule has 2 rings (SSSR count). The number of rotatable bonds is 1. The van der Waals surface area contributed by atoms with E-state index in [2.05, 4.69) is 0 Å². The molecule has 4 heteroatoms. The lowest BCUT2D eigenvalue weighted by Crippen LogP contribution is -2.44. The van der Waals surface area contributed by atoms with Crippen LogP contribution in [0.4, 0.5) is 5.69 Å². The molecule has 0 spiro atoms. The molecule has 0 aliphatic carbocycles. The van der Waals surface area contributed by atoms with Crippen LogP contribution in [0.2, 0.25) is 0 Å². The van der Waals surface area contributed by atoms with E-state index in [9.17, 15) is 9.59 Å². The average molecular weight is 218 g/mol. The van der Waals surface area contributed by atoms with E-state index in [0.717, 1.165) is 16.8 Å². The summed E-state index contributed by atoms with van der Waals surface area (Å²) in [4.78, 5) is 24.5. The van der Waals surface area contributed by atoms with E-state index in [1.807, 2.05) is 25.1 Å². The number of carbonyl (C=O) groups excluding carboxylic acids is 2. The van der Waals surface area contributed by atoms with E-state index in [1.165, 1.54) is 4.90 Å². The fraction of sp³-hybridized carbons (Fsp3) is 0.333. The fourth-order valence-electron chi connectivity index (χ4n) is 2.04. The Labute approximate surface area is 94.0 Å². The lowest BCUT2D eigenvalue weighted by Gasteiger charge is -2.30. The third-order valence-electron chi connectivity index (χ3n) is 3.00. The molecule has 1 atom stereocenters. The first-order valence-corrected chi connectivity index (χ1v) is 5.17. The van der Waals surface area contributed by atoms with Crippen molar-refractivity contribution >= 4 is 17.5 Å². The minimum atomic E-state index is -0.722. The number of hydrogen-bond acceptors (Lipinski definition) is 2. The van der Waals surface area contributed by atoms with Crippen molar-refractivity contribution in [3.8, 4) is 0 Å². The van der Waals surface area contributed by atoms with E-state index in [0.29, 0.717) is 6.42 Å². The van der Waals surface area contributed by atoms with Crippen LogP contribution >= 0.6 is 0 Å². The Balaban J connectivity index is 2.48. The van der Waals surface area contributed by atoms with Gasteiger partial charge in [-0.05, 0) is 30.5 Å². The van der Waals surface area contributed by atoms with E-state index >= 15 is 0 Å². The molecule has 2 N–H and O–H groups in total. The van der Waals surface area contributed by atoms with Crippen molar-refractivity contribution in [3.63, 3.8) is 0 Å². The maximum absolute atomic E-state index is 11.9. The molecule has 0 fully saturated rings. The zero-order valence-corrected chi connectivity index (χ0v) is 9.36. The summed E-state index contributed by atoms with van der Waals surface area (Å²) in [7, 11) is 1.68. The Bertz CT molecular complexity index is 468. The predicted molar refractivity (Wildman–Crippen MR) is 61.0 cm³/mol. The average Bonchev–Trinajstić information content (AvgIpc) is 2.23. The third kappa shape index (κ3) is 1.56. The molecular formula is C12H14N2O2. The highest BCUT2D eigenvalue weighted by molar-refractivity contribution is 6.09. The molecule has 0 saturated heterocycles. The lowest BCUT2D eigenvalue weighted by atomic mass is 9.91. The van der Waals surface area contributed by atoms with Crippen LogP contribution in [0.25, 0.3) is 0 Å². The van der Waals surface area contributed by atoms with Gasteiger partial charge in [0.05, 0.1) is 0 Å².